The molecule has 2 aromatic carbocycles. The Labute approximate surface area is 134 Å². The van der Waals surface area contributed by atoms with E-state index in [1.807, 2.05) is 60.7 Å². The van der Waals surface area contributed by atoms with Crippen LogP contribution in [0.1, 0.15) is 17.5 Å². The highest BCUT2D eigenvalue weighted by Crippen LogP contribution is 2.35. The molecule has 3 rings (SSSR count). The zero-order chi connectivity index (χ0) is 16.2. The Kier molecular flexibility index (Phi) is 4.35. The highest BCUT2D eigenvalue weighted by molar-refractivity contribution is 6.48. The van der Waals surface area contributed by atoms with Crippen molar-refractivity contribution in [1.29, 1.82) is 0 Å². The lowest BCUT2D eigenvalue weighted by Gasteiger charge is -2.14. The number of carbonyl (C=O) groups is 2. The molecule has 23 heavy (non-hydrogen) atoms. The van der Waals surface area contributed by atoms with Crippen LogP contribution in [0.5, 0.6) is 0 Å². The molecule has 1 aliphatic rings. The second-order valence-electron chi connectivity index (χ2n) is 5.32. The number of aliphatic hydroxyl groups excluding tert-OH is 1. The number of imide groups is 1. The van der Waals surface area contributed by atoms with Gasteiger partial charge in [0.15, 0.2) is 0 Å². The number of nitrogens with zero attached hydrogens (tertiary/aromatic N) is 1. The average Bonchev–Trinajstić information content (AvgIpc) is 2.85. The minimum absolute atomic E-state index is 0.0571. The fraction of sp³-hybridized carbons (Fsp3) is 0.158. The van der Waals surface area contributed by atoms with E-state index in [1.165, 1.54) is 4.90 Å². The predicted octanol–water partition coefficient (Wildman–Crippen LogP) is 2.35. The molecule has 0 aliphatic carbocycles. The van der Waals surface area contributed by atoms with Crippen LogP contribution in [0.25, 0.3) is 11.1 Å². The van der Waals surface area contributed by atoms with Crippen molar-refractivity contribution in [1.82, 2.24) is 4.90 Å². The van der Waals surface area contributed by atoms with E-state index in [4.69, 9.17) is 5.11 Å². The number of rotatable bonds is 5. The molecule has 1 N–H and O–H groups in total. The van der Waals surface area contributed by atoms with Gasteiger partial charge >= 0.3 is 0 Å². The molecule has 1 heterocycles. The monoisotopic (exact) mass is 307 g/mol. The number of benzene rings is 2. The van der Waals surface area contributed by atoms with Crippen LogP contribution in [0.15, 0.2) is 60.7 Å². The van der Waals surface area contributed by atoms with Gasteiger partial charge in [-0.15, -0.1) is 0 Å². The maximum absolute atomic E-state index is 12.8. The molecule has 0 spiro atoms. The van der Waals surface area contributed by atoms with Gasteiger partial charge in [-0.05, 0) is 17.5 Å². The molecule has 4 nitrogen and oxygen atoms in total. The van der Waals surface area contributed by atoms with Crippen LogP contribution in [0.3, 0.4) is 0 Å². The van der Waals surface area contributed by atoms with E-state index in [0.717, 1.165) is 11.1 Å². The molecule has 0 atom stereocenters. The number of hydrogen-bond acceptors (Lipinski definition) is 3. The number of aliphatic hydroxyl groups is 1. The van der Waals surface area contributed by atoms with E-state index >= 15 is 0 Å². The fourth-order valence-electron chi connectivity index (χ4n) is 2.75. The third kappa shape index (κ3) is 2.81. The lowest BCUT2D eigenvalue weighted by Crippen LogP contribution is -2.32. The Balaban J connectivity index is 2.13. The minimum atomic E-state index is -0.298. The lowest BCUT2D eigenvalue weighted by molar-refractivity contribution is -0.136. The summed E-state index contributed by atoms with van der Waals surface area (Å²) in [7, 11) is 0. The summed E-state index contributed by atoms with van der Waals surface area (Å²) in [5.74, 6) is -0.595. The summed E-state index contributed by atoms with van der Waals surface area (Å²) >= 11 is 0. The molecule has 116 valence electrons. The number of amides is 2. The highest BCUT2D eigenvalue weighted by Gasteiger charge is 2.38. The van der Waals surface area contributed by atoms with Crippen LogP contribution in [-0.4, -0.2) is 35.0 Å². The molecule has 0 aromatic heterocycles. The second-order valence-corrected chi connectivity index (χ2v) is 5.32. The molecule has 0 radical (unpaired) electrons. The van der Waals surface area contributed by atoms with Gasteiger partial charge in [0.2, 0.25) is 0 Å². The van der Waals surface area contributed by atoms with Gasteiger partial charge in [-0.25, -0.2) is 0 Å². The summed E-state index contributed by atoms with van der Waals surface area (Å²) in [6, 6.07) is 18.5. The Bertz CT molecular complexity index is 689. The molecular weight excluding hydrogens is 290 g/mol. The number of carbonyl (C=O) groups excluding carboxylic acids is 2. The molecule has 2 amide bonds. The first-order chi connectivity index (χ1) is 11.2. The lowest BCUT2D eigenvalue weighted by atomic mass is 9.96. The van der Waals surface area contributed by atoms with E-state index in [9.17, 15) is 9.59 Å². The van der Waals surface area contributed by atoms with Crippen LogP contribution in [-0.2, 0) is 9.59 Å². The van der Waals surface area contributed by atoms with Crippen molar-refractivity contribution < 1.29 is 14.7 Å². The molecule has 0 bridgehead atoms. The van der Waals surface area contributed by atoms with E-state index in [-0.39, 0.29) is 25.0 Å². The zero-order valence-corrected chi connectivity index (χ0v) is 12.6. The van der Waals surface area contributed by atoms with Gasteiger partial charge < -0.3 is 5.11 Å². The molecule has 0 saturated heterocycles. The number of hydrogen-bond donors (Lipinski definition) is 1. The molecule has 2 aromatic rings. The highest BCUT2D eigenvalue weighted by atomic mass is 16.3. The molecule has 0 unspecified atom stereocenters. The van der Waals surface area contributed by atoms with Crippen LogP contribution >= 0.6 is 0 Å². The van der Waals surface area contributed by atoms with Crippen molar-refractivity contribution in [3.8, 4) is 0 Å². The van der Waals surface area contributed by atoms with E-state index in [0.29, 0.717) is 17.6 Å². The van der Waals surface area contributed by atoms with Gasteiger partial charge in [-0.1, -0.05) is 60.7 Å². The quantitative estimate of drug-likeness (QED) is 0.863. The summed E-state index contributed by atoms with van der Waals surface area (Å²) in [4.78, 5) is 26.8. The molecule has 0 fully saturated rings. The maximum atomic E-state index is 12.8. The van der Waals surface area contributed by atoms with Crippen molar-refractivity contribution in [2.24, 2.45) is 0 Å². The minimum Gasteiger partial charge on any atom is -0.396 e. The van der Waals surface area contributed by atoms with Crippen molar-refractivity contribution in [3.05, 3.63) is 71.8 Å². The van der Waals surface area contributed by atoms with Crippen LogP contribution in [0.2, 0.25) is 0 Å². The van der Waals surface area contributed by atoms with Crippen LogP contribution in [0, 0.1) is 0 Å². The topological polar surface area (TPSA) is 57.6 Å². The Morgan fingerprint density at radius 3 is 1.57 bits per heavy atom. The van der Waals surface area contributed by atoms with Crippen molar-refractivity contribution >= 4 is 23.0 Å². The molecule has 0 saturated carbocycles. The first-order valence-corrected chi connectivity index (χ1v) is 7.56. The second kappa shape index (κ2) is 6.58. The maximum Gasteiger partial charge on any atom is 0.262 e. The van der Waals surface area contributed by atoms with Gasteiger partial charge in [0.05, 0.1) is 11.1 Å². The standard InChI is InChI=1S/C19H17NO3/c21-13-7-12-20-18(22)16(14-8-3-1-4-9-14)17(19(20)23)15-10-5-2-6-11-15/h1-6,8-11,21H,7,12-13H2. The van der Waals surface area contributed by atoms with Gasteiger partial charge in [0.25, 0.3) is 11.8 Å². The summed E-state index contributed by atoms with van der Waals surface area (Å²) in [6.45, 7) is 0.166. The normalized spacial score (nSPS) is 14.7. The third-order valence-corrected chi connectivity index (χ3v) is 3.83. The first kappa shape index (κ1) is 15.2. The van der Waals surface area contributed by atoms with Crippen LogP contribution in [0.4, 0.5) is 0 Å². The smallest absolute Gasteiger partial charge is 0.262 e. The Morgan fingerprint density at radius 1 is 0.739 bits per heavy atom. The van der Waals surface area contributed by atoms with E-state index < -0.39 is 0 Å². The Hall–Kier alpha value is -2.72. The summed E-state index contributed by atoms with van der Waals surface area (Å²) in [5, 5.41) is 9.00. The molecular formula is C19H17NO3. The van der Waals surface area contributed by atoms with Gasteiger partial charge in [-0.2, -0.15) is 0 Å². The largest absolute Gasteiger partial charge is 0.396 e. The van der Waals surface area contributed by atoms with Crippen molar-refractivity contribution in [3.63, 3.8) is 0 Å². The zero-order valence-electron chi connectivity index (χ0n) is 12.6. The molecule has 1 aliphatic heterocycles. The third-order valence-electron chi connectivity index (χ3n) is 3.83. The van der Waals surface area contributed by atoms with Crippen LogP contribution < -0.4 is 0 Å². The van der Waals surface area contributed by atoms with Crippen molar-refractivity contribution in [2.45, 2.75) is 6.42 Å². The first-order valence-electron chi connectivity index (χ1n) is 7.56. The van der Waals surface area contributed by atoms with Gasteiger partial charge in [0.1, 0.15) is 0 Å². The summed E-state index contributed by atoms with van der Waals surface area (Å²) in [6.07, 6.45) is 0.377. The Morgan fingerprint density at radius 2 is 1.17 bits per heavy atom. The van der Waals surface area contributed by atoms with Crippen molar-refractivity contribution in [2.75, 3.05) is 13.2 Å². The van der Waals surface area contributed by atoms with E-state index in [1.54, 1.807) is 0 Å². The SMILES string of the molecule is O=C1C(c2ccccc2)=C(c2ccccc2)C(=O)N1CCCO. The summed E-state index contributed by atoms with van der Waals surface area (Å²) < 4.78 is 0. The average molecular weight is 307 g/mol. The predicted molar refractivity (Wildman–Crippen MR) is 88.1 cm³/mol. The van der Waals surface area contributed by atoms with Gasteiger partial charge in [0, 0.05) is 13.2 Å². The molecule has 4 heteroatoms. The van der Waals surface area contributed by atoms with E-state index in [2.05, 4.69) is 0 Å². The fourth-order valence-corrected chi connectivity index (χ4v) is 2.75. The summed E-state index contributed by atoms with van der Waals surface area (Å²) in [5.41, 5.74) is 2.33. The van der Waals surface area contributed by atoms with Gasteiger partial charge in [-0.3, -0.25) is 14.5 Å².